The van der Waals surface area contributed by atoms with Gasteiger partial charge in [0.2, 0.25) is 11.9 Å². The molecular formula is C13H17ClN4O. The van der Waals surface area contributed by atoms with Gasteiger partial charge in [0.25, 0.3) is 0 Å². The third kappa shape index (κ3) is 2.31. The van der Waals surface area contributed by atoms with E-state index in [1.54, 1.807) is 4.90 Å². The molecule has 1 aliphatic heterocycles. The number of amides is 1. The van der Waals surface area contributed by atoms with Gasteiger partial charge in [-0.3, -0.25) is 9.69 Å². The topological polar surface area (TPSA) is 64.2 Å². The Morgan fingerprint density at radius 1 is 1.32 bits per heavy atom. The summed E-state index contributed by atoms with van der Waals surface area (Å²) >= 11 is 0. The summed E-state index contributed by atoms with van der Waals surface area (Å²) < 4.78 is 2.11. The number of imidazole rings is 1. The van der Waals surface area contributed by atoms with Gasteiger partial charge >= 0.3 is 0 Å². The van der Waals surface area contributed by atoms with Crippen molar-refractivity contribution in [3.05, 3.63) is 24.3 Å². The number of rotatable bonds is 3. The normalized spacial score (nSPS) is 13.4. The molecule has 1 aromatic carbocycles. The molecule has 1 aliphatic rings. The van der Waals surface area contributed by atoms with Crippen molar-refractivity contribution in [2.24, 2.45) is 5.73 Å². The molecule has 1 aromatic heterocycles. The van der Waals surface area contributed by atoms with E-state index in [9.17, 15) is 4.79 Å². The molecule has 1 amide bonds. The van der Waals surface area contributed by atoms with Crippen LogP contribution in [-0.4, -0.2) is 28.5 Å². The van der Waals surface area contributed by atoms with Crippen molar-refractivity contribution in [3.63, 3.8) is 0 Å². The van der Waals surface area contributed by atoms with E-state index >= 15 is 0 Å². The highest BCUT2D eigenvalue weighted by atomic mass is 35.5. The Kier molecular flexibility index (Phi) is 4.07. The van der Waals surface area contributed by atoms with Crippen LogP contribution >= 0.6 is 12.4 Å². The minimum atomic E-state index is 0. The molecule has 0 spiro atoms. The summed E-state index contributed by atoms with van der Waals surface area (Å²) in [5.41, 5.74) is 7.49. The fourth-order valence-corrected chi connectivity index (χ4v) is 2.41. The largest absolute Gasteiger partial charge is 0.330 e. The number of nitrogens with two attached hydrogens (primary N) is 1. The molecule has 2 N–H and O–H groups in total. The van der Waals surface area contributed by atoms with Gasteiger partial charge in [0.1, 0.15) is 0 Å². The second-order valence-corrected chi connectivity index (χ2v) is 4.49. The van der Waals surface area contributed by atoms with E-state index in [4.69, 9.17) is 5.73 Å². The molecule has 2 aromatic rings. The summed E-state index contributed by atoms with van der Waals surface area (Å²) in [5.74, 6) is 0.896. The zero-order valence-corrected chi connectivity index (χ0v) is 11.4. The quantitative estimate of drug-likeness (QED) is 0.928. The Hall–Kier alpha value is -1.59. The molecule has 0 saturated carbocycles. The minimum absolute atomic E-state index is 0. The number of hydrogen-bond acceptors (Lipinski definition) is 3. The lowest BCUT2D eigenvalue weighted by Crippen LogP contribution is -2.29. The highest BCUT2D eigenvalue weighted by Gasteiger charge is 2.27. The maximum absolute atomic E-state index is 12.1. The van der Waals surface area contributed by atoms with Crippen LogP contribution in [0.3, 0.4) is 0 Å². The number of carbonyl (C=O) groups is 1. The molecule has 0 saturated heterocycles. The molecule has 19 heavy (non-hydrogen) atoms. The summed E-state index contributed by atoms with van der Waals surface area (Å²) in [6.45, 7) is 2.09. The number of halogens is 1. The van der Waals surface area contributed by atoms with E-state index in [1.807, 2.05) is 24.3 Å². The molecule has 0 fully saturated rings. The fraction of sp³-hybridized carbons (Fsp3) is 0.385. The van der Waals surface area contributed by atoms with Crippen molar-refractivity contribution >= 4 is 35.3 Å². The Morgan fingerprint density at radius 3 is 2.89 bits per heavy atom. The first-order chi connectivity index (χ1) is 8.81. The fourth-order valence-electron chi connectivity index (χ4n) is 2.41. The van der Waals surface area contributed by atoms with Crippen molar-refractivity contribution in [1.29, 1.82) is 0 Å². The Labute approximate surface area is 117 Å². The smallest absolute Gasteiger partial charge is 0.229 e. The molecule has 0 atom stereocenters. The van der Waals surface area contributed by atoms with Gasteiger partial charge in [-0.1, -0.05) is 12.1 Å². The van der Waals surface area contributed by atoms with Crippen LogP contribution < -0.4 is 10.6 Å². The van der Waals surface area contributed by atoms with E-state index in [1.165, 1.54) is 0 Å². The lowest BCUT2D eigenvalue weighted by molar-refractivity contribution is -0.118. The van der Waals surface area contributed by atoms with Gasteiger partial charge in [-0.2, -0.15) is 0 Å². The number of benzene rings is 1. The lowest BCUT2D eigenvalue weighted by atomic mass is 10.3. The average molecular weight is 281 g/mol. The molecular weight excluding hydrogens is 264 g/mol. The number of para-hydroxylation sites is 2. The van der Waals surface area contributed by atoms with Crippen LogP contribution in [0, 0.1) is 0 Å². The summed E-state index contributed by atoms with van der Waals surface area (Å²) in [6.07, 6.45) is 1.23. The standard InChI is InChI=1S/C13H16N4O.ClH/c14-7-3-6-12(18)17-9-8-16-11-5-2-1-4-10(11)15-13(16)17;/h1-2,4-5H,3,6-9,14H2;1H. The molecule has 102 valence electrons. The summed E-state index contributed by atoms with van der Waals surface area (Å²) in [5, 5.41) is 0. The van der Waals surface area contributed by atoms with E-state index in [-0.39, 0.29) is 18.3 Å². The molecule has 0 radical (unpaired) electrons. The van der Waals surface area contributed by atoms with Crippen molar-refractivity contribution in [2.75, 3.05) is 18.0 Å². The van der Waals surface area contributed by atoms with Crippen molar-refractivity contribution in [3.8, 4) is 0 Å². The number of hydrogen-bond donors (Lipinski definition) is 1. The predicted molar refractivity (Wildman–Crippen MR) is 77.6 cm³/mol. The average Bonchev–Trinajstić information content (AvgIpc) is 2.94. The van der Waals surface area contributed by atoms with E-state index < -0.39 is 0 Å². The first kappa shape index (κ1) is 13.8. The maximum Gasteiger partial charge on any atom is 0.229 e. The van der Waals surface area contributed by atoms with Crippen molar-refractivity contribution in [1.82, 2.24) is 9.55 Å². The van der Waals surface area contributed by atoms with Gasteiger partial charge in [-0.15, -0.1) is 12.4 Å². The van der Waals surface area contributed by atoms with Crippen LogP contribution in [0.1, 0.15) is 12.8 Å². The first-order valence-corrected chi connectivity index (χ1v) is 6.27. The monoisotopic (exact) mass is 280 g/mol. The summed E-state index contributed by atoms with van der Waals surface area (Å²) in [6, 6.07) is 7.98. The zero-order chi connectivity index (χ0) is 12.5. The summed E-state index contributed by atoms with van der Waals surface area (Å²) in [7, 11) is 0. The van der Waals surface area contributed by atoms with E-state index in [2.05, 4.69) is 9.55 Å². The molecule has 0 bridgehead atoms. The van der Waals surface area contributed by atoms with Gasteiger partial charge in [-0.05, 0) is 25.1 Å². The second-order valence-electron chi connectivity index (χ2n) is 4.49. The number of anilines is 1. The number of fused-ring (bicyclic) bond motifs is 3. The number of carbonyl (C=O) groups excluding carboxylic acids is 1. The van der Waals surface area contributed by atoms with Gasteiger partial charge < -0.3 is 10.3 Å². The summed E-state index contributed by atoms with van der Waals surface area (Å²) in [4.78, 5) is 18.4. The van der Waals surface area contributed by atoms with Crippen LogP contribution in [0.15, 0.2) is 24.3 Å². The highest BCUT2D eigenvalue weighted by molar-refractivity contribution is 5.94. The Balaban J connectivity index is 0.00000133. The van der Waals surface area contributed by atoms with Crippen LogP contribution in [0.5, 0.6) is 0 Å². The molecule has 3 rings (SSSR count). The zero-order valence-electron chi connectivity index (χ0n) is 10.6. The van der Waals surface area contributed by atoms with Crippen LogP contribution in [0.4, 0.5) is 5.95 Å². The molecule has 0 aliphatic carbocycles. The van der Waals surface area contributed by atoms with Crippen LogP contribution in [0.2, 0.25) is 0 Å². The lowest BCUT2D eigenvalue weighted by Gasteiger charge is -2.13. The van der Waals surface area contributed by atoms with Gasteiger partial charge in [-0.25, -0.2) is 4.98 Å². The third-order valence-electron chi connectivity index (χ3n) is 3.32. The molecule has 6 heteroatoms. The number of nitrogens with zero attached hydrogens (tertiary/aromatic N) is 3. The SMILES string of the molecule is Cl.NCCCC(=O)N1CCn2c1nc1ccccc12. The predicted octanol–water partition coefficient (Wildman–Crippen LogP) is 1.54. The molecule has 0 unspecified atom stereocenters. The second kappa shape index (κ2) is 5.59. The van der Waals surface area contributed by atoms with Crippen molar-refractivity contribution < 1.29 is 4.79 Å². The third-order valence-corrected chi connectivity index (χ3v) is 3.32. The highest BCUT2D eigenvalue weighted by Crippen LogP contribution is 2.27. The van der Waals surface area contributed by atoms with Gasteiger partial charge in [0, 0.05) is 19.5 Å². The van der Waals surface area contributed by atoms with E-state index in [0.717, 1.165) is 36.5 Å². The molecule has 2 heterocycles. The first-order valence-electron chi connectivity index (χ1n) is 6.27. The van der Waals surface area contributed by atoms with Gasteiger partial charge in [0.05, 0.1) is 11.0 Å². The molecule has 5 nitrogen and oxygen atoms in total. The van der Waals surface area contributed by atoms with Gasteiger partial charge in [0.15, 0.2) is 0 Å². The number of aromatic nitrogens is 2. The Bertz CT molecular complexity index is 595. The van der Waals surface area contributed by atoms with E-state index in [0.29, 0.717) is 13.0 Å². The van der Waals surface area contributed by atoms with Crippen LogP contribution in [0.25, 0.3) is 11.0 Å². The Morgan fingerprint density at radius 2 is 2.11 bits per heavy atom. The van der Waals surface area contributed by atoms with Crippen molar-refractivity contribution in [2.45, 2.75) is 19.4 Å². The minimum Gasteiger partial charge on any atom is -0.330 e. The van der Waals surface area contributed by atoms with Crippen LogP contribution in [-0.2, 0) is 11.3 Å². The maximum atomic E-state index is 12.1.